The lowest BCUT2D eigenvalue weighted by molar-refractivity contribution is -0.132. The van der Waals surface area contributed by atoms with Crippen molar-refractivity contribution in [1.82, 2.24) is 15.5 Å². The fourth-order valence-electron chi connectivity index (χ4n) is 4.75. The summed E-state index contributed by atoms with van der Waals surface area (Å²) in [4.78, 5) is 32.1. The number of nitrogens with zero attached hydrogens (tertiary/aromatic N) is 4. The van der Waals surface area contributed by atoms with Gasteiger partial charge in [0.2, 0.25) is 11.8 Å². The number of nitrogens with one attached hydrogen (secondary N) is 3. The molecule has 2 amide bonds. The molecule has 2 aliphatic rings. The first-order chi connectivity index (χ1) is 19.9. The Morgan fingerprint density at radius 2 is 1.74 bits per heavy atom. The van der Waals surface area contributed by atoms with E-state index in [1.54, 1.807) is 69.0 Å². The number of aliphatic imine (C=N–C) groups is 1. The van der Waals surface area contributed by atoms with Crippen molar-refractivity contribution in [3.63, 3.8) is 0 Å². The van der Waals surface area contributed by atoms with E-state index in [0.29, 0.717) is 35.7 Å². The zero-order chi connectivity index (χ0) is 30.6. The lowest BCUT2D eigenvalue weighted by atomic mass is 10.0. The highest BCUT2D eigenvalue weighted by atomic mass is 16.6. The zero-order valence-electron chi connectivity index (χ0n) is 24.7. The summed E-state index contributed by atoms with van der Waals surface area (Å²) in [5.74, 6) is 0.674. The van der Waals surface area contributed by atoms with Gasteiger partial charge < -0.3 is 30.3 Å². The molecule has 218 valence electrons. The predicted octanol–water partition coefficient (Wildman–Crippen LogP) is 4.22. The van der Waals surface area contributed by atoms with Gasteiger partial charge in [-0.2, -0.15) is 10.5 Å². The molecule has 0 aliphatic carbocycles. The van der Waals surface area contributed by atoms with E-state index >= 15 is 0 Å². The fourth-order valence-corrected chi connectivity index (χ4v) is 4.75. The lowest BCUT2D eigenvalue weighted by Gasteiger charge is -2.37. The van der Waals surface area contributed by atoms with Gasteiger partial charge in [0.25, 0.3) is 0 Å². The first kappa shape index (κ1) is 29.9. The maximum atomic E-state index is 13.3. The highest BCUT2D eigenvalue weighted by molar-refractivity contribution is 5.98. The number of anilines is 1. The molecule has 0 fully saturated rings. The number of amides is 2. The lowest BCUT2D eigenvalue weighted by Crippen LogP contribution is -2.52. The highest BCUT2D eigenvalue weighted by Crippen LogP contribution is 2.29. The zero-order valence-corrected chi connectivity index (χ0v) is 24.7. The van der Waals surface area contributed by atoms with Gasteiger partial charge >= 0.3 is 6.09 Å². The van der Waals surface area contributed by atoms with E-state index in [9.17, 15) is 14.9 Å². The molecule has 3 N–H and O–H groups in total. The summed E-state index contributed by atoms with van der Waals surface area (Å²) in [5.41, 5.74) is 4.33. The van der Waals surface area contributed by atoms with E-state index in [1.165, 1.54) is 0 Å². The maximum absolute atomic E-state index is 13.3. The average Bonchev–Trinajstić information content (AvgIpc) is 2.93. The summed E-state index contributed by atoms with van der Waals surface area (Å²) in [6, 6.07) is 14.0. The van der Waals surface area contributed by atoms with Crippen LogP contribution in [0.2, 0.25) is 0 Å². The fraction of sp³-hybridized carbons (Fsp3) is 0.387. The van der Waals surface area contributed by atoms with E-state index < -0.39 is 24.0 Å². The van der Waals surface area contributed by atoms with Crippen LogP contribution in [0.3, 0.4) is 0 Å². The third-order valence-corrected chi connectivity index (χ3v) is 6.68. The monoisotopic (exact) mass is 569 g/mol. The van der Waals surface area contributed by atoms with Crippen molar-refractivity contribution >= 4 is 23.6 Å². The predicted molar refractivity (Wildman–Crippen MR) is 157 cm³/mol. The van der Waals surface area contributed by atoms with Crippen molar-refractivity contribution in [2.45, 2.75) is 65.9 Å². The molecule has 2 heterocycles. The number of hydrogen-bond acceptors (Lipinski definition) is 9. The van der Waals surface area contributed by atoms with Crippen molar-refractivity contribution in [3.8, 4) is 17.9 Å². The van der Waals surface area contributed by atoms with Gasteiger partial charge in [-0.15, -0.1) is 0 Å². The van der Waals surface area contributed by atoms with Gasteiger partial charge in [-0.1, -0.05) is 0 Å². The number of carbonyl (C=O) groups excluding carboxylic acids is 2. The number of rotatable bonds is 5. The minimum atomic E-state index is -0.798. The van der Waals surface area contributed by atoms with Gasteiger partial charge in [0.05, 0.1) is 35.4 Å². The number of aryl methyl sites for hydroxylation is 2. The van der Waals surface area contributed by atoms with Crippen LogP contribution >= 0.6 is 0 Å². The first-order valence-corrected chi connectivity index (χ1v) is 13.7. The molecule has 2 atom stereocenters. The Balaban J connectivity index is 1.59. The third-order valence-electron chi connectivity index (χ3n) is 6.68. The summed E-state index contributed by atoms with van der Waals surface area (Å²) in [6.45, 7) is 11.3. The van der Waals surface area contributed by atoms with Gasteiger partial charge in [0.1, 0.15) is 17.4 Å². The normalized spacial score (nSPS) is 17.0. The second kappa shape index (κ2) is 12.2. The van der Waals surface area contributed by atoms with Crippen LogP contribution in [0.1, 0.15) is 56.4 Å². The molecule has 0 saturated carbocycles. The smallest absolute Gasteiger partial charge is 0.408 e. The van der Waals surface area contributed by atoms with E-state index in [2.05, 4.69) is 28.1 Å². The van der Waals surface area contributed by atoms with E-state index in [4.69, 9.17) is 19.7 Å². The molecule has 4 rings (SSSR count). The SMILES string of the molecule is Cc1cc(C#N)cc(C)c1OC1=NC(Nc2ccc(C#N)cc2)NC2=C1CN(C(=O)[C@H](C)NC(=O)OC(C)(C)C)CC2. The van der Waals surface area contributed by atoms with Gasteiger partial charge in [-0.05, 0) is 89.1 Å². The number of ether oxygens (including phenoxy) is 2. The van der Waals surface area contributed by atoms with Crippen LogP contribution in [-0.2, 0) is 9.53 Å². The number of nitriles is 2. The van der Waals surface area contributed by atoms with Crippen molar-refractivity contribution < 1.29 is 19.1 Å². The Bertz CT molecular complexity index is 1500. The number of benzene rings is 2. The Morgan fingerprint density at radius 3 is 2.33 bits per heavy atom. The molecule has 11 heteroatoms. The molecule has 2 aromatic rings. The highest BCUT2D eigenvalue weighted by Gasteiger charge is 2.34. The van der Waals surface area contributed by atoms with Crippen molar-refractivity contribution in [2.75, 3.05) is 18.4 Å². The Kier molecular flexibility index (Phi) is 8.72. The summed E-state index contributed by atoms with van der Waals surface area (Å²) in [5, 5.41) is 27.8. The Morgan fingerprint density at radius 1 is 1.10 bits per heavy atom. The molecule has 2 aromatic carbocycles. The molecule has 0 aromatic heterocycles. The molecule has 0 saturated heterocycles. The molecule has 0 bridgehead atoms. The molecular formula is C31H35N7O4. The second-order valence-corrected chi connectivity index (χ2v) is 11.3. The summed E-state index contributed by atoms with van der Waals surface area (Å²) in [6.07, 6.45) is -0.714. The molecule has 0 spiro atoms. The summed E-state index contributed by atoms with van der Waals surface area (Å²) < 4.78 is 11.7. The summed E-state index contributed by atoms with van der Waals surface area (Å²) >= 11 is 0. The van der Waals surface area contributed by atoms with Gasteiger partial charge in [-0.3, -0.25) is 4.79 Å². The largest absolute Gasteiger partial charge is 0.444 e. The number of carbonyl (C=O) groups is 2. The van der Waals surface area contributed by atoms with Crippen molar-refractivity contribution in [3.05, 3.63) is 69.9 Å². The second-order valence-electron chi connectivity index (χ2n) is 11.3. The molecule has 0 radical (unpaired) electrons. The third kappa shape index (κ3) is 7.18. The van der Waals surface area contributed by atoms with Gasteiger partial charge in [0, 0.05) is 24.4 Å². The standard InChI is InChI=1S/C31H35N7O4/c1-18-13-22(16-33)14-19(2)26(18)41-27-24-17-38(28(39)20(3)34-30(40)42-31(4,5)6)12-11-25(24)36-29(37-27)35-23-9-7-21(15-32)8-10-23/h7-10,13-14,20,29,35-36H,11-12,17H2,1-6H3,(H,34,40)/t20-,29?/m0/s1. The topological polar surface area (TPSA) is 152 Å². The van der Waals surface area contributed by atoms with E-state index in [-0.39, 0.29) is 12.5 Å². The first-order valence-electron chi connectivity index (χ1n) is 13.7. The van der Waals surface area contributed by atoms with E-state index in [1.807, 2.05) is 13.8 Å². The van der Waals surface area contributed by atoms with Crippen LogP contribution in [0.5, 0.6) is 5.75 Å². The van der Waals surface area contributed by atoms with Crippen molar-refractivity contribution in [2.24, 2.45) is 4.99 Å². The van der Waals surface area contributed by atoms with Crippen LogP contribution in [0.4, 0.5) is 10.5 Å². The maximum Gasteiger partial charge on any atom is 0.408 e. The van der Waals surface area contributed by atoms with Gasteiger partial charge in [-0.25, -0.2) is 9.79 Å². The molecule has 42 heavy (non-hydrogen) atoms. The van der Waals surface area contributed by atoms with Crippen LogP contribution in [0.25, 0.3) is 0 Å². The molecule has 1 unspecified atom stereocenters. The van der Waals surface area contributed by atoms with Crippen molar-refractivity contribution in [1.29, 1.82) is 10.5 Å². The quantitative estimate of drug-likeness (QED) is 0.484. The Hall–Kier alpha value is -5.03. The van der Waals surface area contributed by atoms with E-state index in [0.717, 1.165) is 28.1 Å². The Labute approximate surface area is 245 Å². The van der Waals surface area contributed by atoms with Crippen LogP contribution in [0.15, 0.2) is 52.7 Å². The van der Waals surface area contributed by atoms with Crippen LogP contribution < -0.4 is 20.7 Å². The number of alkyl carbamates (subject to hydrolysis) is 1. The average molecular weight is 570 g/mol. The minimum Gasteiger partial charge on any atom is -0.444 e. The molecular weight excluding hydrogens is 534 g/mol. The molecule has 11 nitrogen and oxygen atoms in total. The van der Waals surface area contributed by atoms with Gasteiger partial charge in [0.15, 0.2) is 6.29 Å². The minimum absolute atomic E-state index is 0.221. The number of hydrogen-bond donors (Lipinski definition) is 3. The molecule has 2 aliphatic heterocycles. The van der Waals surface area contributed by atoms with Crippen LogP contribution in [0, 0.1) is 36.5 Å². The summed E-state index contributed by atoms with van der Waals surface area (Å²) in [7, 11) is 0. The van der Waals surface area contributed by atoms with Crippen LogP contribution in [-0.4, -0.2) is 53.8 Å².